The maximum atomic E-state index is 10.8. The van der Waals surface area contributed by atoms with Crippen LogP contribution in [0, 0.1) is 5.92 Å². The molecule has 1 atom stereocenters. The zero-order valence-corrected chi connectivity index (χ0v) is 14.9. The zero-order chi connectivity index (χ0) is 18.9. The van der Waals surface area contributed by atoms with Gasteiger partial charge in [0.25, 0.3) is 6.47 Å². The van der Waals surface area contributed by atoms with Crippen molar-refractivity contribution in [3.05, 3.63) is 77.9 Å². The lowest BCUT2D eigenvalue weighted by atomic mass is 9.89. The van der Waals surface area contributed by atoms with Crippen molar-refractivity contribution < 1.29 is 14.7 Å². The molecule has 1 unspecified atom stereocenters. The average Bonchev–Trinajstić information content (AvgIpc) is 2.72. The second-order valence-corrected chi connectivity index (χ2v) is 6.22. The van der Waals surface area contributed by atoms with Gasteiger partial charge >= 0.3 is 0 Å². The van der Waals surface area contributed by atoms with Crippen LogP contribution in [-0.4, -0.2) is 28.1 Å². The van der Waals surface area contributed by atoms with Crippen molar-refractivity contribution in [2.75, 3.05) is 0 Å². The number of aromatic nitrogens is 1. The van der Waals surface area contributed by atoms with Crippen molar-refractivity contribution in [3.8, 4) is 0 Å². The summed E-state index contributed by atoms with van der Waals surface area (Å²) in [5, 5.41) is 13.1. The lowest BCUT2D eigenvalue weighted by Gasteiger charge is -2.20. The summed E-state index contributed by atoms with van der Waals surface area (Å²) in [4.78, 5) is 19.3. The van der Waals surface area contributed by atoms with E-state index in [-0.39, 0.29) is 11.8 Å². The van der Waals surface area contributed by atoms with E-state index in [1.807, 2.05) is 24.3 Å². The number of ether oxygens (including phenoxy) is 1. The molecule has 1 aliphatic heterocycles. The smallest absolute Gasteiger partial charge is 0.299 e. The number of hydrogen-bond acceptors (Lipinski definition) is 6. The van der Waals surface area contributed by atoms with Gasteiger partial charge in [-0.15, -0.1) is 0 Å². The van der Waals surface area contributed by atoms with E-state index < -0.39 is 0 Å². The Morgan fingerprint density at radius 1 is 1.11 bits per heavy atom. The molecule has 6 nitrogen and oxygen atoms in total. The molecule has 1 aromatic carbocycles. The quantitative estimate of drug-likeness (QED) is 0.335. The Bertz CT molecular complexity index is 845. The highest BCUT2D eigenvalue weighted by Crippen LogP contribution is 2.24. The highest BCUT2D eigenvalue weighted by Gasteiger charge is 2.27. The van der Waals surface area contributed by atoms with E-state index in [0.717, 1.165) is 25.7 Å². The monoisotopic (exact) mass is 363 g/mol. The third-order valence-corrected chi connectivity index (χ3v) is 4.42. The molecule has 0 saturated carbocycles. The van der Waals surface area contributed by atoms with Gasteiger partial charge < -0.3 is 9.94 Å². The lowest BCUT2D eigenvalue weighted by Crippen LogP contribution is -2.28. The number of aryl methyl sites for hydroxylation is 1. The summed E-state index contributed by atoms with van der Waals surface area (Å²) in [6.07, 6.45) is 7.04. The number of oxime groups is 1. The molecule has 1 aromatic heterocycles. The number of pyridine rings is 1. The molecule has 138 valence electrons. The third-order valence-electron chi connectivity index (χ3n) is 4.42. The summed E-state index contributed by atoms with van der Waals surface area (Å²) >= 11 is 0. The standard InChI is InChI=1S/C21H21N3O3/c25-15-27-19-14-17(11-5-4-10-16-8-2-1-3-9-16)20(24-26)21(23-19)18-12-6-7-13-22-18/h1-3,6-9,12-15,17,26H,4-5,10-11H2. The molecule has 0 bridgehead atoms. The molecule has 0 saturated heterocycles. The van der Waals surface area contributed by atoms with E-state index in [2.05, 4.69) is 27.3 Å². The van der Waals surface area contributed by atoms with Crippen LogP contribution in [0.15, 0.2) is 76.8 Å². The summed E-state index contributed by atoms with van der Waals surface area (Å²) in [6, 6.07) is 15.7. The summed E-state index contributed by atoms with van der Waals surface area (Å²) in [5.74, 6) is 0.00124. The van der Waals surface area contributed by atoms with E-state index in [1.165, 1.54) is 5.56 Å². The third kappa shape index (κ3) is 4.88. The van der Waals surface area contributed by atoms with Gasteiger partial charge in [-0.2, -0.15) is 0 Å². The molecule has 1 N–H and O–H groups in total. The number of unbranched alkanes of at least 4 members (excludes halogenated alkanes) is 1. The minimum absolute atomic E-state index is 0.199. The molecule has 2 heterocycles. The molecule has 27 heavy (non-hydrogen) atoms. The summed E-state index contributed by atoms with van der Waals surface area (Å²) in [7, 11) is 0. The van der Waals surface area contributed by atoms with Gasteiger partial charge in [0, 0.05) is 12.1 Å². The summed E-state index contributed by atoms with van der Waals surface area (Å²) in [5.41, 5.74) is 2.73. The number of aliphatic imine (C=N–C) groups is 1. The van der Waals surface area contributed by atoms with E-state index in [1.54, 1.807) is 24.4 Å². The molecular formula is C21H21N3O3. The maximum absolute atomic E-state index is 10.8. The average molecular weight is 363 g/mol. The fraction of sp³-hybridized carbons (Fsp3) is 0.238. The van der Waals surface area contributed by atoms with Crippen molar-refractivity contribution in [1.29, 1.82) is 0 Å². The Morgan fingerprint density at radius 2 is 1.93 bits per heavy atom. The van der Waals surface area contributed by atoms with Gasteiger partial charge in [-0.05, 0) is 43.0 Å². The molecule has 0 amide bonds. The molecule has 2 aromatic rings. The van der Waals surface area contributed by atoms with Crippen molar-refractivity contribution >= 4 is 17.9 Å². The predicted octanol–water partition coefficient (Wildman–Crippen LogP) is 3.76. The van der Waals surface area contributed by atoms with Gasteiger partial charge in [0.05, 0.1) is 5.69 Å². The second-order valence-electron chi connectivity index (χ2n) is 6.22. The Morgan fingerprint density at radius 3 is 2.63 bits per heavy atom. The van der Waals surface area contributed by atoms with Crippen LogP contribution in [0.4, 0.5) is 0 Å². The van der Waals surface area contributed by atoms with Crippen LogP contribution in [0.5, 0.6) is 0 Å². The molecule has 0 radical (unpaired) electrons. The Balaban J connectivity index is 1.71. The van der Waals surface area contributed by atoms with E-state index in [0.29, 0.717) is 23.6 Å². The number of allylic oxidation sites excluding steroid dienone is 1. The second kappa shape index (κ2) is 9.43. The SMILES string of the molecule is O=COC1=CC(CCCCc2ccccc2)C(=NO)C(c2ccccn2)=N1. The van der Waals surface area contributed by atoms with Crippen LogP contribution in [0.1, 0.15) is 30.5 Å². The van der Waals surface area contributed by atoms with Crippen molar-refractivity contribution in [2.24, 2.45) is 16.1 Å². The molecule has 3 rings (SSSR count). The fourth-order valence-electron chi connectivity index (χ4n) is 3.12. The van der Waals surface area contributed by atoms with Gasteiger partial charge in [0.1, 0.15) is 11.4 Å². The summed E-state index contributed by atoms with van der Waals surface area (Å²) in [6.45, 7) is 0.346. The predicted molar refractivity (Wildman–Crippen MR) is 103 cm³/mol. The fourth-order valence-corrected chi connectivity index (χ4v) is 3.12. The van der Waals surface area contributed by atoms with E-state index >= 15 is 0 Å². The van der Waals surface area contributed by atoms with E-state index in [9.17, 15) is 10.0 Å². The normalized spacial score (nSPS) is 17.9. The van der Waals surface area contributed by atoms with Crippen LogP contribution in [0.25, 0.3) is 0 Å². The zero-order valence-electron chi connectivity index (χ0n) is 14.9. The Labute approximate surface area is 157 Å². The Kier molecular flexibility index (Phi) is 6.46. The van der Waals surface area contributed by atoms with Crippen molar-refractivity contribution in [2.45, 2.75) is 25.7 Å². The number of rotatable bonds is 8. The van der Waals surface area contributed by atoms with Crippen LogP contribution >= 0.6 is 0 Å². The van der Waals surface area contributed by atoms with Gasteiger partial charge in [-0.1, -0.05) is 48.0 Å². The Hall–Kier alpha value is -3.28. The van der Waals surface area contributed by atoms with Gasteiger partial charge in [0.2, 0.25) is 5.88 Å². The number of carbonyl (C=O) groups excluding carboxylic acids is 1. The van der Waals surface area contributed by atoms with Crippen LogP contribution < -0.4 is 0 Å². The molecule has 6 heteroatoms. The molecule has 0 spiro atoms. The topological polar surface area (TPSA) is 84.1 Å². The first kappa shape index (κ1) is 18.5. The lowest BCUT2D eigenvalue weighted by molar-refractivity contribution is -0.125. The molecular weight excluding hydrogens is 342 g/mol. The number of nitrogens with zero attached hydrogens (tertiary/aromatic N) is 3. The summed E-state index contributed by atoms with van der Waals surface area (Å²) < 4.78 is 4.96. The van der Waals surface area contributed by atoms with Gasteiger partial charge in [-0.3, -0.25) is 9.78 Å². The van der Waals surface area contributed by atoms with Crippen molar-refractivity contribution in [1.82, 2.24) is 4.98 Å². The van der Waals surface area contributed by atoms with Gasteiger partial charge in [-0.25, -0.2) is 4.99 Å². The van der Waals surface area contributed by atoms with Crippen LogP contribution in [-0.2, 0) is 16.0 Å². The maximum Gasteiger partial charge on any atom is 0.299 e. The number of benzene rings is 1. The van der Waals surface area contributed by atoms with Crippen LogP contribution in [0.2, 0.25) is 0 Å². The molecule has 0 aliphatic carbocycles. The van der Waals surface area contributed by atoms with E-state index in [4.69, 9.17) is 4.74 Å². The van der Waals surface area contributed by atoms with Gasteiger partial charge in [0.15, 0.2) is 0 Å². The van der Waals surface area contributed by atoms with Crippen LogP contribution in [0.3, 0.4) is 0 Å². The minimum Gasteiger partial charge on any atom is -0.411 e. The highest BCUT2D eigenvalue weighted by molar-refractivity contribution is 6.49. The minimum atomic E-state index is -0.199. The molecule has 0 fully saturated rings. The first-order chi connectivity index (χ1) is 13.3. The highest BCUT2D eigenvalue weighted by atomic mass is 16.5. The molecule has 1 aliphatic rings. The van der Waals surface area contributed by atoms with Crippen molar-refractivity contribution in [3.63, 3.8) is 0 Å². The number of carbonyl (C=O) groups is 1. The first-order valence-corrected chi connectivity index (χ1v) is 8.90. The largest absolute Gasteiger partial charge is 0.411 e. The first-order valence-electron chi connectivity index (χ1n) is 8.90. The number of hydrogen-bond donors (Lipinski definition) is 1.